The molecule has 1 aliphatic rings. The van der Waals surface area contributed by atoms with Gasteiger partial charge in [-0.2, -0.15) is 0 Å². The summed E-state index contributed by atoms with van der Waals surface area (Å²) in [4.78, 5) is 12.5. The van der Waals surface area contributed by atoms with Crippen LogP contribution in [-0.2, 0) is 0 Å². The predicted molar refractivity (Wildman–Crippen MR) is 105 cm³/mol. The summed E-state index contributed by atoms with van der Waals surface area (Å²) in [5.41, 5.74) is 0.528. The second-order valence-electron chi connectivity index (χ2n) is 6.00. The minimum Gasteiger partial charge on any atom is -0.490 e. The zero-order chi connectivity index (χ0) is 18.1. The molecule has 0 bridgehead atoms. The van der Waals surface area contributed by atoms with E-state index in [4.69, 9.17) is 14.2 Å². The maximum Gasteiger partial charge on any atom is 0.251 e. The van der Waals surface area contributed by atoms with Crippen LogP contribution in [0.3, 0.4) is 0 Å². The SMILES string of the molecule is CCOc1cc(C(=O)NCCC2CCNC2)cc(OCC)c1OCC.Cl. The Morgan fingerprint density at radius 3 is 2.23 bits per heavy atom. The second kappa shape index (κ2) is 11.9. The molecule has 1 aromatic carbocycles. The van der Waals surface area contributed by atoms with E-state index in [0.717, 1.165) is 19.5 Å². The van der Waals surface area contributed by atoms with E-state index < -0.39 is 0 Å². The van der Waals surface area contributed by atoms with Gasteiger partial charge in [-0.3, -0.25) is 4.79 Å². The maximum absolute atomic E-state index is 12.5. The zero-order valence-corrected chi connectivity index (χ0v) is 16.7. The molecule has 1 heterocycles. The van der Waals surface area contributed by atoms with Gasteiger partial charge in [-0.25, -0.2) is 0 Å². The number of benzene rings is 1. The van der Waals surface area contributed by atoms with Crippen molar-refractivity contribution in [2.24, 2.45) is 5.92 Å². The Hall–Kier alpha value is -1.66. The number of amides is 1. The quantitative estimate of drug-likeness (QED) is 0.646. The van der Waals surface area contributed by atoms with Crippen LogP contribution in [0, 0.1) is 5.92 Å². The summed E-state index contributed by atoms with van der Waals surface area (Å²) in [6.07, 6.45) is 2.17. The summed E-state index contributed by atoms with van der Waals surface area (Å²) >= 11 is 0. The molecule has 0 aromatic heterocycles. The number of hydrogen-bond donors (Lipinski definition) is 2. The molecule has 148 valence electrons. The summed E-state index contributed by atoms with van der Waals surface area (Å²) < 4.78 is 17.0. The minimum atomic E-state index is -0.115. The third-order valence-electron chi connectivity index (χ3n) is 4.17. The molecule has 1 aromatic rings. The molecule has 2 rings (SSSR count). The van der Waals surface area contributed by atoms with Gasteiger partial charge in [0, 0.05) is 12.1 Å². The van der Waals surface area contributed by atoms with Crippen molar-refractivity contribution in [1.29, 1.82) is 0 Å². The highest BCUT2D eigenvalue weighted by Crippen LogP contribution is 2.39. The van der Waals surface area contributed by atoms with Gasteiger partial charge in [0.2, 0.25) is 5.75 Å². The largest absolute Gasteiger partial charge is 0.490 e. The highest BCUT2D eigenvalue weighted by atomic mass is 35.5. The van der Waals surface area contributed by atoms with Gasteiger partial charge < -0.3 is 24.8 Å². The molecule has 1 aliphatic heterocycles. The van der Waals surface area contributed by atoms with Crippen molar-refractivity contribution in [2.45, 2.75) is 33.6 Å². The molecule has 1 amide bonds. The Balaban J connectivity index is 0.00000338. The average Bonchev–Trinajstić information content (AvgIpc) is 3.11. The van der Waals surface area contributed by atoms with Crippen molar-refractivity contribution in [1.82, 2.24) is 10.6 Å². The fourth-order valence-electron chi connectivity index (χ4n) is 2.97. The normalized spacial score (nSPS) is 15.9. The first kappa shape index (κ1) is 22.4. The molecule has 0 saturated carbocycles. The monoisotopic (exact) mass is 386 g/mol. The van der Waals surface area contributed by atoms with Crippen LogP contribution >= 0.6 is 12.4 Å². The van der Waals surface area contributed by atoms with E-state index in [1.54, 1.807) is 12.1 Å². The summed E-state index contributed by atoms with van der Waals surface area (Å²) in [6, 6.07) is 3.45. The minimum absolute atomic E-state index is 0. The van der Waals surface area contributed by atoms with Crippen molar-refractivity contribution in [2.75, 3.05) is 39.5 Å². The van der Waals surface area contributed by atoms with Crippen LogP contribution in [0.15, 0.2) is 12.1 Å². The predicted octanol–water partition coefficient (Wildman–Crippen LogP) is 3.03. The van der Waals surface area contributed by atoms with E-state index in [0.29, 0.717) is 55.1 Å². The van der Waals surface area contributed by atoms with Gasteiger partial charge in [-0.05, 0) is 64.8 Å². The van der Waals surface area contributed by atoms with Crippen LogP contribution in [0.4, 0.5) is 0 Å². The zero-order valence-electron chi connectivity index (χ0n) is 15.9. The van der Waals surface area contributed by atoms with Gasteiger partial charge in [0.05, 0.1) is 19.8 Å². The standard InChI is InChI=1S/C19H30N2O4.ClH/c1-4-23-16-11-15(12-17(24-5-2)18(16)25-6-3)19(22)21-10-8-14-7-9-20-13-14;/h11-12,14,20H,4-10,13H2,1-3H3,(H,21,22);1H. The molecule has 1 unspecified atom stereocenters. The first-order chi connectivity index (χ1) is 12.2. The van der Waals surface area contributed by atoms with E-state index >= 15 is 0 Å². The summed E-state index contributed by atoms with van der Waals surface area (Å²) in [7, 11) is 0. The third kappa shape index (κ3) is 6.25. The molecule has 1 atom stereocenters. The molecule has 0 spiro atoms. The molecule has 1 saturated heterocycles. The van der Waals surface area contributed by atoms with Gasteiger partial charge in [-0.1, -0.05) is 0 Å². The van der Waals surface area contributed by atoms with Gasteiger partial charge in [0.1, 0.15) is 0 Å². The molecule has 26 heavy (non-hydrogen) atoms. The van der Waals surface area contributed by atoms with Crippen LogP contribution in [0.1, 0.15) is 44.0 Å². The number of nitrogens with one attached hydrogen (secondary N) is 2. The smallest absolute Gasteiger partial charge is 0.251 e. The highest BCUT2D eigenvalue weighted by Gasteiger charge is 2.19. The van der Waals surface area contributed by atoms with Crippen molar-refractivity contribution < 1.29 is 19.0 Å². The topological polar surface area (TPSA) is 68.8 Å². The Morgan fingerprint density at radius 2 is 1.73 bits per heavy atom. The van der Waals surface area contributed by atoms with Gasteiger partial charge in [0.25, 0.3) is 5.91 Å². The Labute approximate surface area is 162 Å². The lowest BCUT2D eigenvalue weighted by Crippen LogP contribution is -2.26. The number of hydrogen-bond acceptors (Lipinski definition) is 5. The van der Waals surface area contributed by atoms with E-state index in [2.05, 4.69) is 10.6 Å². The number of halogens is 1. The van der Waals surface area contributed by atoms with Crippen molar-refractivity contribution in [3.63, 3.8) is 0 Å². The Kier molecular flexibility index (Phi) is 10.2. The van der Waals surface area contributed by atoms with Crippen LogP contribution < -0.4 is 24.8 Å². The number of rotatable bonds is 10. The summed E-state index contributed by atoms with van der Waals surface area (Å²) in [5, 5.41) is 6.34. The molecule has 1 fully saturated rings. The average molecular weight is 387 g/mol. The third-order valence-corrected chi connectivity index (χ3v) is 4.17. The van der Waals surface area contributed by atoms with Crippen LogP contribution in [0.25, 0.3) is 0 Å². The van der Waals surface area contributed by atoms with Gasteiger partial charge >= 0.3 is 0 Å². The molecule has 0 radical (unpaired) electrons. The maximum atomic E-state index is 12.5. The van der Waals surface area contributed by atoms with Crippen molar-refractivity contribution in [3.8, 4) is 17.2 Å². The highest BCUT2D eigenvalue weighted by molar-refractivity contribution is 5.95. The van der Waals surface area contributed by atoms with E-state index in [1.807, 2.05) is 20.8 Å². The molecule has 0 aliphatic carbocycles. The molecular formula is C19H31ClN2O4. The molecular weight excluding hydrogens is 356 g/mol. The Bertz CT molecular complexity index is 535. The lowest BCUT2D eigenvalue weighted by atomic mass is 10.1. The summed E-state index contributed by atoms with van der Waals surface area (Å²) in [6.45, 7) is 9.99. The number of ether oxygens (including phenoxy) is 3. The lowest BCUT2D eigenvalue weighted by molar-refractivity contribution is 0.0950. The van der Waals surface area contributed by atoms with Gasteiger partial charge in [-0.15, -0.1) is 12.4 Å². The van der Waals surface area contributed by atoms with E-state index in [9.17, 15) is 4.79 Å². The molecule has 6 nitrogen and oxygen atoms in total. The van der Waals surface area contributed by atoms with E-state index in [1.165, 1.54) is 6.42 Å². The fraction of sp³-hybridized carbons (Fsp3) is 0.632. The van der Waals surface area contributed by atoms with Crippen LogP contribution in [0.5, 0.6) is 17.2 Å². The first-order valence-electron chi connectivity index (χ1n) is 9.24. The fourth-order valence-corrected chi connectivity index (χ4v) is 2.97. The number of carbonyl (C=O) groups excluding carboxylic acids is 1. The second-order valence-corrected chi connectivity index (χ2v) is 6.00. The van der Waals surface area contributed by atoms with E-state index in [-0.39, 0.29) is 18.3 Å². The first-order valence-corrected chi connectivity index (χ1v) is 9.24. The van der Waals surface area contributed by atoms with Gasteiger partial charge in [0.15, 0.2) is 11.5 Å². The lowest BCUT2D eigenvalue weighted by Gasteiger charge is -2.17. The summed E-state index contributed by atoms with van der Waals surface area (Å²) in [5.74, 6) is 2.18. The van der Waals surface area contributed by atoms with Crippen LogP contribution in [0.2, 0.25) is 0 Å². The van der Waals surface area contributed by atoms with Crippen molar-refractivity contribution in [3.05, 3.63) is 17.7 Å². The van der Waals surface area contributed by atoms with Crippen LogP contribution in [-0.4, -0.2) is 45.4 Å². The Morgan fingerprint density at radius 1 is 1.12 bits per heavy atom. The molecule has 7 heteroatoms. The molecule has 2 N–H and O–H groups in total. The number of carbonyl (C=O) groups is 1. The van der Waals surface area contributed by atoms with Crippen molar-refractivity contribution >= 4 is 18.3 Å².